The molecule has 2 aromatic heterocycles. The second kappa shape index (κ2) is 8.61. The van der Waals surface area contributed by atoms with E-state index in [1.807, 2.05) is 36.4 Å². The molecule has 25 heavy (non-hydrogen) atoms. The lowest BCUT2D eigenvalue weighted by Gasteiger charge is -2.16. The second-order valence-corrected chi connectivity index (χ2v) is 6.63. The van der Waals surface area contributed by atoms with E-state index in [1.165, 1.54) is 0 Å². The highest BCUT2D eigenvalue weighted by molar-refractivity contribution is 14.1. The number of carbonyl (C=O) groups is 1. The van der Waals surface area contributed by atoms with Crippen molar-refractivity contribution in [3.63, 3.8) is 0 Å². The van der Waals surface area contributed by atoms with Gasteiger partial charge in [-0.1, -0.05) is 0 Å². The van der Waals surface area contributed by atoms with E-state index in [0.717, 1.165) is 9.39 Å². The van der Waals surface area contributed by atoms with Gasteiger partial charge in [-0.15, -0.1) is 0 Å². The lowest BCUT2D eigenvalue weighted by molar-refractivity contribution is 0.0948. The Hall–Kier alpha value is -2.42. The third kappa shape index (κ3) is 5.02. The number of ether oxygens (including phenoxy) is 1. The molecule has 0 radical (unpaired) electrons. The Morgan fingerprint density at radius 2 is 2.08 bits per heavy atom. The van der Waals surface area contributed by atoms with Gasteiger partial charge in [0.1, 0.15) is 11.6 Å². The molecule has 1 amide bonds. The third-order valence-electron chi connectivity index (χ3n) is 3.61. The molecule has 7 heteroatoms. The van der Waals surface area contributed by atoms with Crippen molar-refractivity contribution in [2.75, 3.05) is 13.2 Å². The normalized spacial score (nSPS) is 11.7. The van der Waals surface area contributed by atoms with E-state index in [4.69, 9.17) is 4.74 Å². The molecular weight excluding hydrogens is 431 g/mol. The molecule has 0 aliphatic heterocycles. The van der Waals surface area contributed by atoms with Crippen LogP contribution >= 0.6 is 22.6 Å². The van der Waals surface area contributed by atoms with Gasteiger partial charge in [0.05, 0.1) is 18.7 Å². The summed E-state index contributed by atoms with van der Waals surface area (Å²) in [5.41, 5.74) is 0.631. The van der Waals surface area contributed by atoms with Crippen molar-refractivity contribution >= 4 is 28.5 Å². The summed E-state index contributed by atoms with van der Waals surface area (Å²) in [6, 6.07) is 11.1. The number of carbonyl (C=O) groups excluding carboxylic acids is 1. The lowest BCUT2D eigenvalue weighted by Crippen LogP contribution is -2.31. The zero-order chi connectivity index (χ0) is 17.5. The van der Waals surface area contributed by atoms with Gasteiger partial charge in [-0.05, 0) is 59.0 Å². The highest BCUT2D eigenvalue weighted by Gasteiger charge is 2.17. The van der Waals surface area contributed by atoms with Crippen LogP contribution in [-0.2, 0) is 0 Å². The monoisotopic (exact) mass is 448 g/mol. The Morgan fingerprint density at radius 3 is 2.76 bits per heavy atom. The van der Waals surface area contributed by atoms with E-state index in [0.29, 0.717) is 24.5 Å². The maximum Gasteiger partial charge on any atom is 0.251 e. The number of benzene rings is 1. The molecule has 1 aromatic carbocycles. The molecular formula is C18H17IN4O2. The SMILES string of the molecule is O=C(NCC(COc1cccnc1)c1ncc[nH]1)c1ccc(I)cc1. The number of pyridine rings is 1. The van der Waals surface area contributed by atoms with Gasteiger partial charge in [0.25, 0.3) is 5.91 Å². The number of imidazole rings is 1. The largest absolute Gasteiger partial charge is 0.491 e. The maximum atomic E-state index is 12.3. The molecule has 0 fully saturated rings. The van der Waals surface area contributed by atoms with E-state index < -0.39 is 0 Å². The van der Waals surface area contributed by atoms with Crippen molar-refractivity contribution in [3.8, 4) is 5.75 Å². The fourth-order valence-electron chi connectivity index (χ4n) is 2.28. The average molecular weight is 448 g/mol. The molecule has 3 rings (SSSR count). The van der Waals surface area contributed by atoms with Crippen molar-refractivity contribution in [1.82, 2.24) is 20.3 Å². The van der Waals surface area contributed by atoms with Crippen molar-refractivity contribution in [1.29, 1.82) is 0 Å². The summed E-state index contributed by atoms with van der Waals surface area (Å²) in [5, 5.41) is 2.95. The quantitative estimate of drug-likeness (QED) is 0.545. The van der Waals surface area contributed by atoms with Gasteiger partial charge in [-0.2, -0.15) is 0 Å². The van der Waals surface area contributed by atoms with E-state index in [1.54, 1.807) is 24.8 Å². The van der Waals surface area contributed by atoms with Crippen LogP contribution < -0.4 is 10.1 Å². The molecule has 0 aliphatic rings. The average Bonchev–Trinajstić information content (AvgIpc) is 3.17. The zero-order valence-electron chi connectivity index (χ0n) is 13.4. The number of amides is 1. The summed E-state index contributed by atoms with van der Waals surface area (Å²) in [7, 11) is 0. The number of hydrogen-bond donors (Lipinski definition) is 2. The van der Waals surface area contributed by atoms with Gasteiger partial charge in [0.2, 0.25) is 0 Å². The summed E-state index contributed by atoms with van der Waals surface area (Å²) < 4.78 is 6.86. The van der Waals surface area contributed by atoms with Crippen LogP contribution in [0.1, 0.15) is 22.1 Å². The summed E-state index contributed by atoms with van der Waals surface area (Å²) in [6.07, 6.45) is 6.79. The van der Waals surface area contributed by atoms with Gasteiger partial charge >= 0.3 is 0 Å². The molecule has 0 saturated heterocycles. The van der Waals surface area contributed by atoms with Crippen LogP contribution in [0.25, 0.3) is 0 Å². The van der Waals surface area contributed by atoms with Gasteiger partial charge in [-0.25, -0.2) is 4.98 Å². The molecule has 1 atom stereocenters. The first-order valence-corrected chi connectivity index (χ1v) is 8.86. The van der Waals surface area contributed by atoms with Gasteiger partial charge in [-0.3, -0.25) is 9.78 Å². The fraction of sp³-hybridized carbons (Fsp3) is 0.167. The van der Waals surface area contributed by atoms with Crippen molar-refractivity contribution in [2.45, 2.75) is 5.92 Å². The predicted molar refractivity (Wildman–Crippen MR) is 103 cm³/mol. The summed E-state index contributed by atoms with van der Waals surface area (Å²) in [4.78, 5) is 23.7. The zero-order valence-corrected chi connectivity index (χ0v) is 15.5. The first-order chi connectivity index (χ1) is 12.2. The van der Waals surface area contributed by atoms with Crippen LogP contribution in [0, 0.1) is 3.57 Å². The molecule has 0 spiro atoms. The van der Waals surface area contributed by atoms with Crippen LogP contribution in [0.15, 0.2) is 61.2 Å². The molecule has 6 nitrogen and oxygen atoms in total. The number of rotatable bonds is 7. The van der Waals surface area contributed by atoms with Crippen LogP contribution in [0.5, 0.6) is 5.75 Å². The van der Waals surface area contributed by atoms with Gasteiger partial charge < -0.3 is 15.0 Å². The fourth-order valence-corrected chi connectivity index (χ4v) is 2.64. The highest BCUT2D eigenvalue weighted by Crippen LogP contribution is 2.15. The number of aromatic nitrogens is 3. The van der Waals surface area contributed by atoms with Crippen molar-refractivity contribution in [3.05, 3.63) is 76.1 Å². The van der Waals surface area contributed by atoms with Crippen LogP contribution in [-0.4, -0.2) is 34.0 Å². The maximum absolute atomic E-state index is 12.3. The molecule has 3 aromatic rings. The molecule has 2 heterocycles. The number of H-pyrrole nitrogens is 1. The molecule has 0 saturated carbocycles. The highest BCUT2D eigenvalue weighted by atomic mass is 127. The molecule has 128 valence electrons. The predicted octanol–water partition coefficient (Wildman–Crippen LogP) is 3.00. The van der Waals surface area contributed by atoms with Crippen LogP contribution in [0.3, 0.4) is 0 Å². The molecule has 2 N–H and O–H groups in total. The van der Waals surface area contributed by atoms with Crippen molar-refractivity contribution in [2.24, 2.45) is 0 Å². The number of nitrogens with one attached hydrogen (secondary N) is 2. The minimum atomic E-state index is -0.116. The standard InChI is InChI=1S/C18H17IN4O2/c19-15-5-3-13(4-6-15)18(24)23-10-14(17-21-8-9-22-17)12-25-16-2-1-7-20-11-16/h1-9,11,14H,10,12H2,(H,21,22)(H,23,24). The Kier molecular flexibility index (Phi) is 5.99. The molecule has 0 aliphatic carbocycles. The van der Waals surface area contributed by atoms with E-state index in [2.05, 4.69) is 42.9 Å². The first kappa shape index (κ1) is 17.4. The topological polar surface area (TPSA) is 79.9 Å². The van der Waals surface area contributed by atoms with Gasteiger partial charge in [0.15, 0.2) is 0 Å². The van der Waals surface area contributed by atoms with E-state index in [-0.39, 0.29) is 11.8 Å². The summed E-state index contributed by atoms with van der Waals surface area (Å²) >= 11 is 2.21. The van der Waals surface area contributed by atoms with E-state index >= 15 is 0 Å². The number of halogens is 1. The summed E-state index contributed by atoms with van der Waals surface area (Å²) in [5.74, 6) is 1.24. The number of nitrogens with zero attached hydrogens (tertiary/aromatic N) is 2. The minimum Gasteiger partial charge on any atom is -0.491 e. The number of hydrogen-bond acceptors (Lipinski definition) is 4. The van der Waals surface area contributed by atoms with Crippen LogP contribution in [0.4, 0.5) is 0 Å². The Morgan fingerprint density at radius 1 is 1.24 bits per heavy atom. The third-order valence-corrected chi connectivity index (χ3v) is 4.33. The van der Waals surface area contributed by atoms with Gasteiger partial charge in [0, 0.05) is 34.3 Å². The summed E-state index contributed by atoms with van der Waals surface area (Å²) in [6.45, 7) is 0.796. The Labute approximate surface area is 159 Å². The first-order valence-electron chi connectivity index (χ1n) is 7.78. The number of aromatic amines is 1. The smallest absolute Gasteiger partial charge is 0.251 e. The molecule has 0 bridgehead atoms. The van der Waals surface area contributed by atoms with Crippen molar-refractivity contribution < 1.29 is 9.53 Å². The Balaban J connectivity index is 1.62. The van der Waals surface area contributed by atoms with Crippen LogP contribution in [0.2, 0.25) is 0 Å². The van der Waals surface area contributed by atoms with E-state index in [9.17, 15) is 4.79 Å². The Bertz CT molecular complexity index is 792. The minimum absolute atomic E-state index is 0.0944. The molecule has 1 unspecified atom stereocenters. The lowest BCUT2D eigenvalue weighted by atomic mass is 10.1. The second-order valence-electron chi connectivity index (χ2n) is 5.39.